The zero-order valence-electron chi connectivity index (χ0n) is 14.6. The van der Waals surface area contributed by atoms with Gasteiger partial charge in [-0.1, -0.05) is 63.4 Å². The summed E-state index contributed by atoms with van der Waals surface area (Å²) in [4.78, 5) is 4.49. The molecule has 0 saturated carbocycles. The molecule has 0 spiro atoms. The van der Waals surface area contributed by atoms with Gasteiger partial charge in [-0.25, -0.2) is 4.57 Å². The molecule has 0 N–H and O–H groups in total. The van der Waals surface area contributed by atoms with E-state index in [4.69, 9.17) is 4.52 Å². The van der Waals surface area contributed by atoms with E-state index in [0.717, 1.165) is 24.3 Å². The Hall–Kier alpha value is -1.71. The molecule has 0 aromatic carbocycles. The molecule has 0 unspecified atom stereocenters. The number of pyridine rings is 1. The minimum absolute atomic E-state index is 0.691. The van der Waals surface area contributed by atoms with Crippen molar-refractivity contribution in [3.63, 3.8) is 0 Å². The van der Waals surface area contributed by atoms with Crippen molar-refractivity contribution in [1.82, 2.24) is 10.1 Å². The van der Waals surface area contributed by atoms with Crippen molar-refractivity contribution in [3.8, 4) is 11.4 Å². The van der Waals surface area contributed by atoms with Gasteiger partial charge in [0.05, 0.1) is 0 Å². The highest BCUT2D eigenvalue weighted by atomic mass is 16.5. The van der Waals surface area contributed by atoms with Crippen molar-refractivity contribution in [3.05, 3.63) is 30.4 Å². The van der Waals surface area contributed by atoms with E-state index >= 15 is 0 Å². The minimum atomic E-state index is 0.691. The number of hydrogen-bond donors (Lipinski definition) is 0. The maximum atomic E-state index is 5.35. The smallest absolute Gasteiger partial charge is 0.226 e. The highest BCUT2D eigenvalue weighted by Crippen LogP contribution is 2.15. The Balaban J connectivity index is 1.61. The van der Waals surface area contributed by atoms with E-state index in [9.17, 15) is 0 Å². The average Bonchev–Trinajstić information content (AvgIpc) is 3.03. The summed E-state index contributed by atoms with van der Waals surface area (Å²) >= 11 is 0. The van der Waals surface area contributed by atoms with Gasteiger partial charge >= 0.3 is 0 Å². The van der Waals surface area contributed by atoms with E-state index in [1.54, 1.807) is 0 Å². The van der Waals surface area contributed by atoms with Crippen molar-refractivity contribution < 1.29 is 9.09 Å². The second-order valence-electron chi connectivity index (χ2n) is 6.34. The van der Waals surface area contributed by atoms with Gasteiger partial charge in [-0.2, -0.15) is 4.98 Å². The van der Waals surface area contributed by atoms with E-state index < -0.39 is 0 Å². The Bertz CT molecular complexity index is 548. The van der Waals surface area contributed by atoms with Gasteiger partial charge in [0.2, 0.25) is 11.7 Å². The molecule has 2 aromatic rings. The summed E-state index contributed by atoms with van der Waals surface area (Å²) in [5.41, 5.74) is 1.00. The molecule has 2 heterocycles. The van der Waals surface area contributed by atoms with Crippen LogP contribution in [0.2, 0.25) is 0 Å². The van der Waals surface area contributed by atoms with Crippen LogP contribution in [0.15, 0.2) is 29.0 Å². The van der Waals surface area contributed by atoms with Crippen LogP contribution >= 0.6 is 0 Å². The first-order chi connectivity index (χ1) is 11.3. The molecular weight excluding hydrogens is 286 g/mol. The largest absolute Gasteiger partial charge is 0.339 e. The number of rotatable bonds is 11. The molecule has 0 atom stereocenters. The Labute approximate surface area is 139 Å². The Morgan fingerprint density at radius 1 is 0.913 bits per heavy atom. The van der Waals surface area contributed by atoms with Crippen LogP contribution in [0.3, 0.4) is 0 Å². The molecule has 0 aliphatic heterocycles. The van der Waals surface area contributed by atoms with E-state index in [1.165, 1.54) is 51.4 Å². The quantitative estimate of drug-likeness (QED) is 0.448. The lowest BCUT2D eigenvalue weighted by atomic mass is 10.1. The third-order valence-corrected chi connectivity index (χ3v) is 4.20. The van der Waals surface area contributed by atoms with Crippen molar-refractivity contribution in [2.45, 2.75) is 71.1 Å². The number of nitrogens with zero attached hydrogens (tertiary/aromatic N) is 3. The van der Waals surface area contributed by atoms with E-state index in [1.807, 2.05) is 36.1 Å². The molecule has 23 heavy (non-hydrogen) atoms. The molecule has 0 saturated heterocycles. The predicted molar refractivity (Wildman–Crippen MR) is 91.8 cm³/mol. The average molecular weight is 316 g/mol. The molecule has 126 valence electrons. The lowest BCUT2D eigenvalue weighted by Gasteiger charge is -2.00. The molecule has 0 bridgehead atoms. The molecular formula is C19H30N3O+. The third-order valence-electron chi connectivity index (χ3n) is 4.20. The Morgan fingerprint density at radius 3 is 2.17 bits per heavy atom. The normalized spacial score (nSPS) is 11.0. The van der Waals surface area contributed by atoms with Crippen molar-refractivity contribution >= 4 is 0 Å². The van der Waals surface area contributed by atoms with Crippen molar-refractivity contribution in [1.29, 1.82) is 0 Å². The molecule has 4 heteroatoms. The highest BCUT2D eigenvalue weighted by Gasteiger charge is 2.09. The van der Waals surface area contributed by atoms with Crippen LogP contribution in [-0.2, 0) is 13.5 Å². The molecule has 2 aromatic heterocycles. The van der Waals surface area contributed by atoms with Gasteiger partial charge in [0.15, 0.2) is 12.4 Å². The zero-order valence-corrected chi connectivity index (χ0v) is 14.6. The van der Waals surface area contributed by atoms with Crippen molar-refractivity contribution in [2.75, 3.05) is 0 Å². The van der Waals surface area contributed by atoms with Crippen LogP contribution in [0.5, 0.6) is 0 Å². The fourth-order valence-electron chi connectivity index (χ4n) is 2.71. The summed E-state index contributed by atoms with van der Waals surface area (Å²) in [6, 6.07) is 4.01. The van der Waals surface area contributed by atoms with Gasteiger partial charge in [0, 0.05) is 24.1 Å². The first-order valence-electron chi connectivity index (χ1n) is 9.08. The van der Waals surface area contributed by atoms with Crippen LogP contribution < -0.4 is 4.57 Å². The summed E-state index contributed by atoms with van der Waals surface area (Å²) in [7, 11) is 2.00. The summed E-state index contributed by atoms with van der Waals surface area (Å²) in [6.07, 6.45) is 16.9. The molecule has 0 radical (unpaired) electrons. The monoisotopic (exact) mass is 316 g/mol. The van der Waals surface area contributed by atoms with Gasteiger partial charge in [-0.05, 0) is 6.42 Å². The molecule has 0 amide bonds. The maximum Gasteiger partial charge on any atom is 0.226 e. The number of aryl methyl sites for hydroxylation is 2. The summed E-state index contributed by atoms with van der Waals surface area (Å²) < 4.78 is 7.35. The standard InChI is InChI=1S/C19H30N3O/c1-3-4-5-6-7-8-9-10-11-12-18-20-19(21-23-18)17-13-15-22(2)16-14-17/h13-16H,3-12H2,1-2H3/q+1. The number of unbranched alkanes of at least 4 members (excludes halogenated alkanes) is 8. The molecule has 0 aliphatic carbocycles. The Morgan fingerprint density at radius 2 is 1.52 bits per heavy atom. The second-order valence-corrected chi connectivity index (χ2v) is 6.34. The summed E-state index contributed by atoms with van der Waals surface area (Å²) in [5.74, 6) is 1.45. The van der Waals surface area contributed by atoms with E-state index in [0.29, 0.717) is 5.82 Å². The predicted octanol–water partition coefficient (Wildman–Crippen LogP) is 4.63. The number of aromatic nitrogens is 3. The summed E-state index contributed by atoms with van der Waals surface area (Å²) in [5, 5.41) is 4.08. The zero-order chi connectivity index (χ0) is 16.3. The molecule has 2 rings (SSSR count). The SMILES string of the molecule is CCCCCCCCCCCc1nc(-c2cc[n+](C)cc2)no1. The van der Waals surface area contributed by atoms with Gasteiger partial charge in [-0.3, -0.25) is 0 Å². The summed E-state index contributed by atoms with van der Waals surface area (Å²) in [6.45, 7) is 2.26. The lowest BCUT2D eigenvalue weighted by Crippen LogP contribution is -2.25. The molecule has 4 nitrogen and oxygen atoms in total. The van der Waals surface area contributed by atoms with E-state index in [-0.39, 0.29) is 0 Å². The second kappa shape index (κ2) is 10.1. The minimum Gasteiger partial charge on any atom is -0.339 e. The third kappa shape index (κ3) is 6.51. The molecule has 0 aliphatic rings. The topological polar surface area (TPSA) is 42.8 Å². The lowest BCUT2D eigenvalue weighted by molar-refractivity contribution is -0.671. The maximum absolute atomic E-state index is 5.35. The van der Waals surface area contributed by atoms with Crippen molar-refractivity contribution in [2.24, 2.45) is 7.05 Å². The van der Waals surface area contributed by atoms with Crippen LogP contribution in [0.4, 0.5) is 0 Å². The molecule has 0 fully saturated rings. The number of hydrogen-bond acceptors (Lipinski definition) is 3. The van der Waals surface area contributed by atoms with E-state index in [2.05, 4.69) is 17.1 Å². The highest BCUT2D eigenvalue weighted by molar-refractivity contribution is 5.51. The van der Waals surface area contributed by atoms with Crippen LogP contribution in [0.25, 0.3) is 11.4 Å². The Kier molecular flexibility index (Phi) is 7.78. The van der Waals surface area contributed by atoms with Crippen LogP contribution in [-0.4, -0.2) is 10.1 Å². The van der Waals surface area contributed by atoms with Gasteiger partial charge in [0.1, 0.15) is 7.05 Å². The fraction of sp³-hybridized carbons (Fsp3) is 0.632. The first kappa shape index (κ1) is 17.6. The van der Waals surface area contributed by atoms with Crippen LogP contribution in [0.1, 0.15) is 70.6 Å². The van der Waals surface area contributed by atoms with Crippen LogP contribution in [0, 0.1) is 0 Å². The van der Waals surface area contributed by atoms with Gasteiger partial charge in [-0.15, -0.1) is 0 Å². The van der Waals surface area contributed by atoms with Gasteiger partial charge < -0.3 is 4.52 Å². The fourth-order valence-corrected chi connectivity index (χ4v) is 2.71. The first-order valence-corrected chi connectivity index (χ1v) is 9.08. The van der Waals surface area contributed by atoms with Gasteiger partial charge in [0.25, 0.3) is 0 Å².